The molecule has 0 unspecified atom stereocenters. The van der Waals surface area contributed by atoms with Crippen LogP contribution in [0.2, 0.25) is 0 Å². The third-order valence-corrected chi connectivity index (χ3v) is 4.45. The molecule has 0 saturated carbocycles. The van der Waals surface area contributed by atoms with Gasteiger partial charge in [0.25, 0.3) is 11.5 Å². The van der Waals surface area contributed by atoms with Crippen molar-refractivity contribution < 1.29 is 4.79 Å². The maximum absolute atomic E-state index is 13.1. The SMILES string of the molecule is Cn1nc(C(=O)N2C[C@H](n3cccn3)Cc3ccccc32)ccc1=O. The van der Waals surface area contributed by atoms with Gasteiger partial charge in [-0.2, -0.15) is 10.2 Å². The predicted octanol–water partition coefficient (Wildman–Crippen LogP) is 1.42. The van der Waals surface area contributed by atoms with Crippen molar-refractivity contribution in [2.75, 3.05) is 11.4 Å². The van der Waals surface area contributed by atoms with Gasteiger partial charge in [0.05, 0.1) is 6.04 Å². The van der Waals surface area contributed by atoms with Gasteiger partial charge in [-0.25, -0.2) is 4.68 Å². The summed E-state index contributed by atoms with van der Waals surface area (Å²) in [5.74, 6) is -0.222. The molecule has 0 fully saturated rings. The monoisotopic (exact) mass is 335 g/mol. The summed E-state index contributed by atoms with van der Waals surface area (Å²) in [7, 11) is 1.54. The topological polar surface area (TPSA) is 73.0 Å². The molecule has 0 bridgehead atoms. The summed E-state index contributed by atoms with van der Waals surface area (Å²) in [6.07, 6.45) is 4.45. The molecule has 7 heteroatoms. The number of benzene rings is 1. The summed E-state index contributed by atoms with van der Waals surface area (Å²) in [5.41, 5.74) is 1.97. The Morgan fingerprint density at radius 1 is 1.16 bits per heavy atom. The predicted molar refractivity (Wildman–Crippen MR) is 92.6 cm³/mol. The summed E-state index contributed by atoms with van der Waals surface area (Å²) in [4.78, 5) is 26.3. The van der Waals surface area contributed by atoms with Crippen molar-refractivity contribution in [1.82, 2.24) is 19.6 Å². The van der Waals surface area contributed by atoms with Crippen LogP contribution >= 0.6 is 0 Å². The lowest BCUT2D eigenvalue weighted by Gasteiger charge is -2.34. The first kappa shape index (κ1) is 15.3. The highest BCUT2D eigenvalue weighted by Crippen LogP contribution is 2.32. The second-order valence-corrected chi connectivity index (χ2v) is 6.07. The Kier molecular flexibility index (Phi) is 3.68. The normalized spacial score (nSPS) is 16.5. The molecule has 1 aliphatic heterocycles. The number of nitrogens with zero attached hydrogens (tertiary/aromatic N) is 5. The third kappa shape index (κ3) is 2.73. The number of rotatable bonds is 2. The standard InChI is InChI=1S/C18H17N5O2/c1-21-17(24)8-7-15(20-21)18(25)22-12-14(23-10-4-9-19-23)11-13-5-2-3-6-16(13)22/h2-10,14H,11-12H2,1H3/t14-/m1/s1. The number of fused-ring (bicyclic) bond motifs is 1. The first-order valence-corrected chi connectivity index (χ1v) is 8.07. The molecule has 3 heterocycles. The van der Waals surface area contributed by atoms with E-state index >= 15 is 0 Å². The van der Waals surface area contributed by atoms with E-state index in [9.17, 15) is 9.59 Å². The van der Waals surface area contributed by atoms with Crippen LogP contribution in [0.15, 0.2) is 59.7 Å². The van der Waals surface area contributed by atoms with E-state index in [-0.39, 0.29) is 23.2 Å². The molecule has 1 aliphatic rings. The zero-order chi connectivity index (χ0) is 17.4. The van der Waals surface area contributed by atoms with Gasteiger partial charge in [0.2, 0.25) is 0 Å². The molecule has 0 radical (unpaired) electrons. The van der Waals surface area contributed by atoms with Gasteiger partial charge < -0.3 is 4.90 Å². The summed E-state index contributed by atoms with van der Waals surface area (Å²) < 4.78 is 3.05. The van der Waals surface area contributed by atoms with Gasteiger partial charge in [0.15, 0.2) is 0 Å². The lowest BCUT2D eigenvalue weighted by Crippen LogP contribution is -2.42. The summed E-state index contributed by atoms with van der Waals surface area (Å²) in [5, 5.41) is 8.42. The summed E-state index contributed by atoms with van der Waals surface area (Å²) in [6.45, 7) is 0.502. The number of para-hydroxylation sites is 1. The van der Waals surface area contributed by atoms with Crippen molar-refractivity contribution in [3.63, 3.8) is 0 Å². The molecular weight excluding hydrogens is 318 g/mol. The molecule has 2 aromatic heterocycles. The molecule has 1 atom stereocenters. The Bertz CT molecular complexity index is 977. The van der Waals surface area contributed by atoms with E-state index < -0.39 is 0 Å². The van der Waals surface area contributed by atoms with Gasteiger partial charge in [0, 0.05) is 37.7 Å². The van der Waals surface area contributed by atoms with Crippen LogP contribution in [0.1, 0.15) is 22.1 Å². The van der Waals surface area contributed by atoms with Crippen LogP contribution in [0.4, 0.5) is 5.69 Å². The lowest BCUT2D eigenvalue weighted by molar-refractivity contribution is 0.0973. The van der Waals surface area contributed by atoms with Crippen LogP contribution in [0.5, 0.6) is 0 Å². The number of aromatic nitrogens is 4. The van der Waals surface area contributed by atoms with E-state index in [0.29, 0.717) is 6.54 Å². The molecule has 0 N–H and O–H groups in total. The minimum absolute atomic E-state index is 0.0568. The van der Waals surface area contributed by atoms with E-state index in [1.807, 2.05) is 41.2 Å². The molecule has 1 aromatic carbocycles. The summed E-state index contributed by atoms with van der Waals surface area (Å²) >= 11 is 0. The molecule has 1 amide bonds. The third-order valence-electron chi connectivity index (χ3n) is 4.45. The molecular formula is C18H17N5O2. The molecule has 4 rings (SSSR count). The fourth-order valence-corrected chi connectivity index (χ4v) is 3.20. The minimum Gasteiger partial charge on any atom is -0.305 e. The number of amides is 1. The van der Waals surface area contributed by atoms with E-state index in [0.717, 1.165) is 17.7 Å². The Balaban J connectivity index is 1.75. The van der Waals surface area contributed by atoms with Crippen LogP contribution in [0.25, 0.3) is 0 Å². The smallest absolute Gasteiger partial charge is 0.278 e. The van der Waals surface area contributed by atoms with E-state index in [1.54, 1.807) is 11.1 Å². The first-order valence-electron chi connectivity index (χ1n) is 8.07. The van der Waals surface area contributed by atoms with Gasteiger partial charge in [-0.3, -0.25) is 14.3 Å². The average molecular weight is 335 g/mol. The van der Waals surface area contributed by atoms with Crippen molar-refractivity contribution in [1.29, 1.82) is 0 Å². The van der Waals surface area contributed by atoms with Crippen LogP contribution in [0, 0.1) is 0 Å². The fraction of sp³-hybridized carbons (Fsp3) is 0.222. The number of carbonyl (C=O) groups is 1. The van der Waals surface area contributed by atoms with E-state index in [1.165, 1.54) is 23.9 Å². The van der Waals surface area contributed by atoms with Crippen LogP contribution < -0.4 is 10.5 Å². The first-order chi connectivity index (χ1) is 12.1. The van der Waals surface area contributed by atoms with Crippen LogP contribution in [0.3, 0.4) is 0 Å². The maximum atomic E-state index is 13.1. The Labute approximate surface area is 144 Å². The highest BCUT2D eigenvalue weighted by molar-refractivity contribution is 6.05. The molecule has 126 valence electrons. The quantitative estimate of drug-likeness (QED) is 0.710. The van der Waals surface area contributed by atoms with Gasteiger partial charge in [-0.05, 0) is 30.2 Å². The Morgan fingerprint density at radius 2 is 2.00 bits per heavy atom. The highest BCUT2D eigenvalue weighted by Gasteiger charge is 2.30. The largest absolute Gasteiger partial charge is 0.305 e. The van der Waals surface area contributed by atoms with Crippen molar-refractivity contribution >= 4 is 11.6 Å². The van der Waals surface area contributed by atoms with Crippen LogP contribution in [-0.4, -0.2) is 32.0 Å². The molecule has 25 heavy (non-hydrogen) atoms. The zero-order valence-corrected chi connectivity index (χ0v) is 13.7. The molecule has 0 aliphatic carbocycles. The molecule has 0 saturated heterocycles. The van der Waals surface area contributed by atoms with Crippen molar-refractivity contribution in [3.05, 3.63) is 76.5 Å². The Morgan fingerprint density at radius 3 is 2.76 bits per heavy atom. The number of anilines is 1. The number of aryl methyl sites for hydroxylation is 1. The van der Waals surface area contributed by atoms with Crippen molar-refractivity contribution in [3.8, 4) is 0 Å². The average Bonchev–Trinajstić information content (AvgIpc) is 3.17. The maximum Gasteiger partial charge on any atom is 0.278 e. The van der Waals surface area contributed by atoms with E-state index in [4.69, 9.17) is 0 Å². The van der Waals surface area contributed by atoms with Crippen molar-refractivity contribution in [2.24, 2.45) is 7.05 Å². The number of carbonyl (C=O) groups excluding carboxylic acids is 1. The second-order valence-electron chi connectivity index (χ2n) is 6.07. The highest BCUT2D eigenvalue weighted by atomic mass is 16.2. The fourth-order valence-electron chi connectivity index (χ4n) is 3.20. The minimum atomic E-state index is -0.245. The number of hydrogen-bond donors (Lipinski definition) is 0. The van der Waals surface area contributed by atoms with Gasteiger partial charge in [-0.15, -0.1) is 0 Å². The zero-order valence-electron chi connectivity index (χ0n) is 13.7. The van der Waals surface area contributed by atoms with Gasteiger partial charge in [0.1, 0.15) is 5.69 Å². The summed E-state index contributed by atoms with van der Waals surface area (Å²) in [6, 6.07) is 12.6. The second kappa shape index (κ2) is 6.01. The lowest BCUT2D eigenvalue weighted by atomic mass is 9.97. The van der Waals surface area contributed by atoms with Gasteiger partial charge >= 0.3 is 0 Å². The Hall–Kier alpha value is -3.22. The molecule has 0 spiro atoms. The molecule has 3 aromatic rings. The van der Waals surface area contributed by atoms with Crippen LogP contribution in [-0.2, 0) is 13.5 Å². The number of hydrogen-bond acceptors (Lipinski definition) is 4. The van der Waals surface area contributed by atoms with Crippen molar-refractivity contribution in [2.45, 2.75) is 12.5 Å². The molecule has 7 nitrogen and oxygen atoms in total. The van der Waals surface area contributed by atoms with E-state index in [2.05, 4.69) is 10.2 Å². The van der Waals surface area contributed by atoms with Gasteiger partial charge in [-0.1, -0.05) is 18.2 Å².